The van der Waals surface area contributed by atoms with Crippen LogP contribution in [0, 0.1) is 0 Å². The molecule has 0 aliphatic heterocycles. The highest BCUT2D eigenvalue weighted by Gasteiger charge is 1.66. The summed E-state index contributed by atoms with van der Waals surface area (Å²) in [6, 6.07) is 0. The van der Waals surface area contributed by atoms with E-state index < -0.39 is 23.9 Å². The molecule has 20 heavy (non-hydrogen) atoms. The first-order valence-electron chi connectivity index (χ1n) is 5.23. The van der Waals surface area contributed by atoms with Crippen molar-refractivity contribution >= 4 is 23.9 Å². The highest BCUT2D eigenvalue weighted by molar-refractivity contribution is 5.63. The van der Waals surface area contributed by atoms with Crippen molar-refractivity contribution in [2.75, 3.05) is 6.61 Å². The minimum absolute atomic E-state index is 0.319. The van der Waals surface area contributed by atoms with E-state index in [1.165, 1.54) is 0 Å². The molecule has 0 aromatic heterocycles. The van der Waals surface area contributed by atoms with Crippen LogP contribution in [0.3, 0.4) is 0 Å². The first kappa shape index (κ1) is 30.7. The second kappa shape index (κ2) is 30.1. The van der Waals surface area contributed by atoms with Gasteiger partial charge < -0.3 is 25.5 Å². The van der Waals surface area contributed by atoms with E-state index >= 15 is 0 Å². The van der Waals surface area contributed by atoms with Crippen LogP contribution in [0.5, 0.6) is 0 Å². The molecule has 0 aliphatic carbocycles. The van der Waals surface area contributed by atoms with Crippen LogP contribution in [-0.4, -0.2) is 56.0 Å². The van der Waals surface area contributed by atoms with Gasteiger partial charge in [-0.05, 0) is 6.42 Å². The van der Waals surface area contributed by atoms with E-state index in [2.05, 4.69) is 0 Å². The fraction of sp³-hybridized carbons (Fsp3) is 0.636. The smallest absolute Gasteiger partial charge is 0.300 e. The van der Waals surface area contributed by atoms with Crippen molar-refractivity contribution in [1.29, 1.82) is 0 Å². The zero-order valence-corrected chi connectivity index (χ0v) is 12.3. The van der Waals surface area contributed by atoms with Crippen molar-refractivity contribution in [3.63, 3.8) is 0 Å². The van der Waals surface area contributed by atoms with Gasteiger partial charge >= 0.3 is 0 Å². The fourth-order valence-electron chi connectivity index (χ4n) is 0. The largest absolute Gasteiger partial charge is 0.481 e. The van der Waals surface area contributed by atoms with Crippen LogP contribution >= 0.6 is 0 Å². The quantitative estimate of drug-likeness (QED) is 0.468. The van der Waals surface area contributed by atoms with Crippen molar-refractivity contribution in [1.82, 2.24) is 0 Å². The number of hydrogen-bond donors (Lipinski definition) is 5. The van der Waals surface area contributed by atoms with Crippen LogP contribution in [-0.2, 0) is 19.2 Å². The summed E-state index contributed by atoms with van der Waals surface area (Å²) in [5, 5.41) is 37.5. The first-order valence-corrected chi connectivity index (χ1v) is 5.23. The molecule has 0 rings (SSSR count). The Morgan fingerprint density at radius 1 is 0.650 bits per heavy atom. The van der Waals surface area contributed by atoms with Gasteiger partial charge in [0.15, 0.2) is 0 Å². The molecule has 5 N–H and O–H groups in total. The summed E-state index contributed by atoms with van der Waals surface area (Å²) in [7, 11) is 0. The van der Waals surface area contributed by atoms with Crippen molar-refractivity contribution in [2.45, 2.75) is 41.0 Å². The molecule has 0 aromatic carbocycles. The van der Waals surface area contributed by atoms with Crippen LogP contribution < -0.4 is 0 Å². The average Bonchev–Trinajstić information content (AvgIpc) is 2.13. The third-order valence-corrected chi connectivity index (χ3v) is 0.224. The van der Waals surface area contributed by atoms with Crippen molar-refractivity contribution in [2.24, 2.45) is 0 Å². The lowest BCUT2D eigenvalue weighted by Crippen LogP contribution is -1.78. The van der Waals surface area contributed by atoms with Crippen LogP contribution in [0.15, 0.2) is 0 Å². The number of aliphatic hydroxyl groups excluding tert-OH is 1. The molecule has 122 valence electrons. The zero-order valence-electron chi connectivity index (χ0n) is 12.3. The average molecular weight is 300 g/mol. The normalized spacial score (nSPS) is 6.50. The molecule has 0 heterocycles. The molecule has 0 amide bonds. The monoisotopic (exact) mass is 300 g/mol. The summed E-state index contributed by atoms with van der Waals surface area (Å²) in [5.41, 5.74) is 0. The Balaban J connectivity index is -0.0000000469. The summed E-state index contributed by atoms with van der Waals surface area (Å²) < 4.78 is 0. The summed E-state index contributed by atoms with van der Waals surface area (Å²) in [6.07, 6.45) is 0.875. The number of carbonyl (C=O) groups is 4. The van der Waals surface area contributed by atoms with Gasteiger partial charge in [-0.2, -0.15) is 0 Å². The lowest BCUT2D eigenvalue weighted by Gasteiger charge is -1.69. The van der Waals surface area contributed by atoms with E-state index in [1.54, 1.807) is 0 Å². The van der Waals surface area contributed by atoms with E-state index in [-0.39, 0.29) is 0 Å². The standard InChI is InChI=1S/C3H8O.4C2H4O2/c1-2-3-4;4*1-2(3)4/h4H,2-3H2,1H3;4*1H3,(H,3,4). The molecule has 0 bridgehead atoms. The molecule has 0 unspecified atom stereocenters. The van der Waals surface area contributed by atoms with E-state index in [9.17, 15) is 0 Å². The maximum absolute atomic E-state index is 9.00. The van der Waals surface area contributed by atoms with Gasteiger partial charge in [0.05, 0.1) is 0 Å². The molecule has 0 spiro atoms. The van der Waals surface area contributed by atoms with Crippen LogP contribution in [0.2, 0.25) is 0 Å². The third-order valence-electron chi connectivity index (χ3n) is 0.224. The summed E-state index contributed by atoms with van der Waals surface area (Å²) >= 11 is 0. The summed E-state index contributed by atoms with van der Waals surface area (Å²) in [5.74, 6) is -3.33. The Kier molecular flexibility index (Phi) is 46.2. The lowest BCUT2D eigenvalue weighted by molar-refractivity contribution is -0.135. The van der Waals surface area contributed by atoms with Crippen molar-refractivity contribution in [3.05, 3.63) is 0 Å². The van der Waals surface area contributed by atoms with Gasteiger partial charge in [-0.1, -0.05) is 6.92 Å². The van der Waals surface area contributed by atoms with Gasteiger partial charge in [0.1, 0.15) is 0 Å². The molecule has 9 nitrogen and oxygen atoms in total. The Hall–Kier alpha value is -2.16. The van der Waals surface area contributed by atoms with Gasteiger partial charge in [-0.3, -0.25) is 19.2 Å². The van der Waals surface area contributed by atoms with Crippen molar-refractivity contribution < 1.29 is 44.7 Å². The summed E-state index contributed by atoms with van der Waals surface area (Å²) in [6.45, 7) is 6.58. The van der Waals surface area contributed by atoms with Gasteiger partial charge in [0.25, 0.3) is 23.9 Å². The molecule has 0 aromatic rings. The van der Waals surface area contributed by atoms with Crippen LogP contribution in [0.4, 0.5) is 0 Å². The van der Waals surface area contributed by atoms with Gasteiger partial charge in [-0.15, -0.1) is 0 Å². The van der Waals surface area contributed by atoms with E-state index in [4.69, 9.17) is 44.7 Å². The zero-order chi connectivity index (χ0) is 17.7. The minimum atomic E-state index is -0.833. The molecule has 0 radical (unpaired) electrons. The van der Waals surface area contributed by atoms with Crippen molar-refractivity contribution in [3.8, 4) is 0 Å². The number of aliphatic hydroxyl groups is 1. The van der Waals surface area contributed by atoms with E-state index in [1.807, 2.05) is 6.92 Å². The molecule has 0 atom stereocenters. The predicted molar refractivity (Wildman–Crippen MR) is 70.6 cm³/mol. The number of hydrogen-bond acceptors (Lipinski definition) is 5. The number of aliphatic carboxylic acids is 4. The second-order valence-corrected chi connectivity index (χ2v) is 2.80. The third kappa shape index (κ3) is 2590. The number of rotatable bonds is 1. The van der Waals surface area contributed by atoms with Crippen LogP contribution in [0.25, 0.3) is 0 Å². The maximum Gasteiger partial charge on any atom is 0.300 e. The topological polar surface area (TPSA) is 169 Å². The van der Waals surface area contributed by atoms with E-state index in [0.717, 1.165) is 34.1 Å². The lowest BCUT2D eigenvalue weighted by atomic mass is 10.5. The highest BCUT2D eigenvalue weighted by Crippen LogP contribution is 1.61. The number of carboxylic acid groups (broad SMARTS) is 4. The minimum Gasteiger partial charge on any atom is -0.481 e. The fourth-order valence-corrected chi connectivity index (χ4v) is 0. The molecule has 0 saturated heterocycles. The first-order chi connectivity index (χ1) is 8.84. The molecule has 9 heteroatoms. The Morgan fingerprint density at radius 2 is 0.700 bits per heavy atom. The Morgan fingerprint density at radius 3 is 0.700 bits per heavy atom. The number of carboxylic acids is 4. The molecule has 0 fully saturated rings. The Bertz CT molecular complexity index is 182. The highest BCUT2D eigenvalue weighted by atomic mass is 16.4. The molecule has 0 saturated carbocycles. The van der Waals surface area contributed by atoms with E-state index in [0.29, 0.717) is 6.61 Å². The van der Waals surface area contributed by atoms with Crippen LogP contribution in [0.1, 0.15) is 41.0 Å². The SMILES string of the molecule is CC(=O)O.CC(=O)O.CC(=O)O.CC(=O)O.CCCO. The predicted octanol–water partition coefficient (Wildman–Crippen LogP) is 0.752. The second-order valence-electron chi connectivity index (χ2n) is 2.80. The molecular formula is C11H24O9. The summed E-state index contributed by atoms with van der Waals surface area (Å²) in [4.78, 5) is 36.0. The maximum atomic E-state index is 9.00. The Labute approximate surface area is 117 Å². The molecule has 0 aliphatic rings. The van der Waals surface area contributed by atoms with Gasteiger partial charge in [0, 0.05) is 34.3 Å². The van der Waals surface area contributed by atoms with Gasteiger partial charge in [0.2, 0.25) is 0 Å². The molecular weight excluding hydrogens is 276 g/mol. The van der Waals surface area contributed by atoms with Gasteiger partial charge in [-0.25, -0.2) is 0 Å².